The van der Waals surface area contributed by atoms with E-state index in [0.717, 1.165) is 29.5 Å². The molecule has 0 bridgehead atoms. The zero-order chi connectivity index (χ0) is 19.1. The number of carbonyl (C=O) groups excluding carboxylic acids is 1. The molecule has 0 unspecified atom stereocenters. The van der Waals surface area contributed by atoms with E-state index < -0.39 is 0 Å². The van der Waals surface area contributed by atoms with E-state index in [9.17, 15) is 14.4 Å². The molecule has 4 rings (SSSR count). The summed E-state index contributed by atoms with van der Waals surface area (Å²) in [7, 11) is 3.12. The Morgan fingerprint density at radius 1 is 1.19 bits per heavy atom. The van der Waals surface area contributed by atoms with Gasteiger partial charge in [0.1, 0.15) is 5.82 Å². The number of rotatable bonds is 4. The van der Waals surface area contributed by atoms with Gasteiger partial charge in [-0.15, -0.1) is 0 Å². The van der Waals surface area contributed by atoms with Crippen LogP contribution in [0, 0.1) is 0 Å². The van der Waals surface area contributed by atoms with E-state index in [1.165, 1.54) is 17.7 Å². The smallest absolute Gasteiger partial charge is 0.332 e. The first-order chi connectivity index (χ1) is 13.0. The van der Waals surface area contributed by atoms with Gasteiger partial charge in [-0.05, 0) is 31.4 Å². The van der Waals surface area contributed by atoms with Crippen molar-refractivity contribution in [3.63, 3.8) is 0 Å². The van der Waals surface area contributed by atoms with E-state index in [1.54, 1.807) is 19.3 Å². The van der Waals surface area contributed by atoms with Gasteiger partial charge in [0.15, 0.2) is 0 Å². The summed E-state index contributed by atoms with van der Waals surface area (Å²) in [6.45, 7) is 1.24. The summed E-state index contributed by atoms with van der Waals surface area (Å²) in [6, 6.07) is 5.05. The van der Waals surface area contributed by atoms with E-state index in [0.29, 0.717) is 30.4 Å². The molecule has 27 heavy (non-hydrogen) atoms. The summed E-state index contributed by atoms with van der Waals surface area (Å²) in [5, 5.41) is 3.09. The van der Waals surface area contributed by atoms with Gasteiger partial charge in [-0.2, -0.15) is 0 Å². The second-order valence-electron chi connectivity index (χ2n) is 7.36. The summed E-state index contributed by atoms with van der Waals surface area (Å²) in [6.07, 6.45) is 4.67. The lowest BCUT2D eigenvalue weighted by atomic mass is 10.1. The van der Waals surface area contributed by atoms with Gasteiger partial charge in [0, 0.05) is 51.4 Å². The molecule has 0 spiro atoms. The van der Waals surface area contributed by atoms with Crippen LogP contribution in [-0.2, 0) is 14.1 Å². The fourth-order valence-corrected chi connectivity index (χ4v) is 3.67. The molecule has 1 aliphatic carbocycles. The molecular formula is C19H23N5O3. The molecule has 0 aromatic carbocycles. The zero-order valence-corrected chi connectivity index (χ0v) is 15.5. The number of anilines is 1. The molecule has 2 fully saturated rings. The maximum atomic E-state index is 12.7. The van der Waals surface area contributed by atoms with Crippen LogP contribution in [0.5, 0.6) is 0 Å². The molecule has 2 aromatic heterocycles. The van der Waals surface area contributed by atoms with E-state index in [1.807, 2.05) is 11.0 Å². The van der Waals surface area contributed by atoms with Crippen molar-refractivity contribution < 1.29 is 4.79 Å². The Labute approximate surface area is 156 Å². The molecule has 1 aliphatic heterocycles. The fraction of sp³-hybridized carbons (Fsp3) is 0.474. The highest BCUT2D eigenvalue weighted by atomic mass is 16.2. The summed E-state index contributed by atoms with van der Waals surface area (Å²) in [5.74, 6) is 0.886. The zero-order valence-electron chi connectivity index (χ0n) is 15.5. The number of hydrogen-bond acceptors (Lipinski definition) is 5. The van der Waals surface area contributed by atoms with Gasteiger partial charge in [0.2, 0.25) is 0 Å². The Kier molecular flexibility index (Phi) is 4.33. The molecule has 8 heteroatoms. The molecule has 0 radical (unpaired) electrons. The number of nitrogens with one attached hydrogen (secondary N) is 1. The lowest BCUT2D eigenvalue weighted by Crippen LogP contribution is -2.41. The Morgan fingerprint density at radius 2 is 1.96 bits per heavy atom. The minimum absolute atomic E-state index is 0.0380. The lowest BCUT2D eigenvalue weighted by Gasteiger charge is -2.21. The van der Waals surface area contributed by atoms with Gasteiger partial charge in [0.25, 0.3) is 11.5 Å². The number of pyridine rings is 1. The summed E-state index contributed by atoms with van der Waals surface area (Å²) >= 11 is 0. The first kappa shape index (κ1) is 17.5. The third-order valence-corrected chi connectivity index (χ3v) is 5.40. The Bertz CT molecular complexity index is 1010. The van der Waals surface area contributed by atoms with Crippen LogP contribution in [0.1, 0.15) is 41.2 Å². The van der Waals surface area contributed by atoms with Gasteiger partial charge >= 0.3 is 5.69 Å². The maximum absolute atomic E-state index is 12.7. The summed E-state index contributed by atoms with van der Waals surface area (Å²) in [4.78, 5) is 43.2. The molecule has 2 aliphatic rings. The van der Waals surface area contributed by atoms with Crippen molar-refractivity contribution in [2.45, 2.75) is 31.2 Å². The van der Waals surface area contributed by atoms with Crippen molar-refractivity contribution >= 4 is 11.7 Å². The number of amides is 1. The molecular weight excluding hydrogens is 346 g/mol. The van der Waals surface area contributed by atoms with Gasteiger partial charge in [-0.3, -0.25) is 23.7 Å². The molecule has 2 aromatic rings. The Balaban J connectivity index is 1.49. The highest BCUT2D eigenvalue weighted by molar-refractivity contribution is 5.95. The summed E-state index contributed by atoms with van der Waals surface area (Å²) < 4.78 is 2.55. The van der Waals surface area contributed by atoms with Crippen molar-refractivity contribution in [2.24, 2.45) is 14.1 Å². The van der Waals surface area contributed by atoms with Gasteiger partial charge < -0.3 is 10.2 Å². The fourth-order valence-electron chi connectivity index (χ4n) is 3.67. The largest absolute Gasteiger partial charge is 0.356 e. The average Bonchev–Trinajstić information content (AvgIpc) is 3.42. The summed E-state index contributed by atoms with van der Waals surface area (Å²) in [5.41, 5.74) is 0.859. The van der Waals surface area contributed by atoms with Crippen LogP contribution in [-0.4, -0.2) is 39.2 Å². The van der Waals surface area contributed by atoms with Crippen molar-refractivity contribution in [3.8, 4) is 0 Å². The molecule has 1 saturated carbocycles. The number of hydrogen-bond donors (Lipinski definition) is 1. The van der Waals surface area contributed by atoms with Crippen LogP contribution in [0.25, 0.3) is 0 Å². The van der Waals surface area contributed by atoms with Crippen LogP contribution < -0.4 is 21.5 Å². The van der Waals surface area contributed by atoms with Crippen LogP contribution in [0.2, 0.25) is 0 Å². The first-order valence-electron chi connectivity index (χ1n) is 9.23. The van der Waals surface area contributed by atoms with E-state index >= 15 is 0 Å². The van der Waals surface area contributed by atoms with E-state index in [2.05, 4.69) is 10.3 Å². The standard InChI is InChI=1S/C19H23N5O3/c1-22-15(10-16(25)23(2)19(22)27)24-9-7-13(11-24)21-18(26)14-4-3-8-20-17(14)12-5-6-12/h3-4,8,10,12-13H,5-7,9,11H2,1-2H3,(H,21,26)/t13-/m1/s1. The molecule has 8 nitrogen and oxygen atoms in total. The maximum Gasteiger partial charge on any atom is 0.332 e. The van der Waals surface area contributed by atoms with Crippen molar-refractivity contribution in [1.82, 2.24) is 19.4 Å². The van der Waals surface area contributed by atoms with E-state index in [-0.39, 0.29) is 23.2 Å². The van der Waals surface area contributed by atoms with Crippen LogP contribution in [0.4, 0.5) is 5.82 Å². The Hall–Kier alpha value is -2.90. The van der Waals surface area contributed by atoms with Crippen molar-refractivity contribution in [1.29, 1.82) is 0 Å². The highest BCUT2D eigenvalue weighted by Gasteiger charge is 2.31. The minimum atomic E-state index is -0.352. The number of aromatic nitrogens is 3. The predicted octanol–water partition coefficient (Wildman–Crippen LogP) is 0.365. The van der Waals surface area contributed by atoms with Crippen LogP contribution in [0.3, 0.4) is 0 Å². The molecule has 1 amide bonds. The second kappa shape index (κ2) is 6.68. The highest BCUT2D eigenvalue weighted by Crippen LogP contribution is 2.40. The monoisotopic (exact) mass is 369 g/mol. The minimum Gasteiger partial charge on any atom is -0.356 e. The predicted molar refractivity (Wildman–Crippen MR) is 101 cm³/mol. The van der Waals surface area contributed by atoms with Gasteiger partial charge in [-0.25, -0.2) is 4.79 Å². The van der Waals surface area contributed by atoms with E-state index in [4.69, 9.17) is 0 Å². The molecule has 1 N–H and O–H groups in total. The van der Waals surface area contributed by atoms with Crippen molar-refractivity contribution in [3.05, 3.63) is 56.5 Å². The topological polar surface area (TPSA) is 89.2 Å². The number of nitrogens with zero attached hydrogens (tertiary/aromatic N) is 4. The van der Waals surface area contributed by atoms with Crippen LogP contribution in [0.15, 0.2) is 34.0 Å². The molecule has 3 heterocycles. The first-order valence-corrected chi connectivity index (χ1v) is 9.23. The van der Waals surface area contributed by atoms with Crippen LogP contribution >= 0.6 is 0 Å². The molecule has 142 valence electrons. The number of carbonyl (C=O) groups is 1. The molecule has 1 saturated heterocycles. The average molecular weight is 369 g/mol. The van der Waals surface area contributed by atoms with Gasteiger partial charge in [0.05, 0.1) is 11.3 Å². The lowest BCUT2D eigenvalue weighted by molar-refractivity contribution is 0.0939. The normalized spacial score (nSPS) is 19.3. The Morgan fingerprint density at radius 3 is 2.70 bits per heavy atom. The second-order valence-corrected chi connectivity index (χ2v) is 7.36. The van der Waals surface area contributed by atoms with Crippen molar-refractivity contribution in [2.75, 3.05) is 18.0 Å². The third-order valence-electron chi connectivity index (χ3n) is 5.40. The molecule has 1 atom stereocenters. The quantitative estimate of drug-likeness (QED) is 0.841. The van der Waals surface area contributed by atoms with Gasteiger partial charge in [-0.1, -0.05) is 0 Å². The third kappa shape index (κ3) is 3.27. The SMILES string of the molecule is Cn1c(N2CC[C@@H](NC(=O)c3cccnc3C3CC3)C2)cc(=O)n(C)c1=O.